The van der Waals surface area contributed by atoms with E-state index in [0.29, 0.717) is 11.3 Å². The topological polar surface area (TPSA) is 85.0 Å². The van der Waals surface area contributed by atoms with E-state index in [9.17, 15) is 8.42 Å². The molecule has 1 saturated heterocycles. The van der Waals surface area contributed by atoms with Gasteiger partial charge in [-0.15, -0.1) is 0 Å². The molecular weight excluding hydrogens is 400 g/mol. The van der Waals surface area contributed by atoms with Gasteiger partial charge in [0.2, 0.25) is 0 Å². The summed E-state index contributed by atoms with van der Waals surface area (Å²) in [4.78, 5) is 6.99. The van der Waals surface area contributed by atoms with Crippen molar-refractivity contribution in [2.75, 3.05) is 31.1 Å². The maximum atomic E-state index is 13.7. The van der Waals surface area contributed by atoms with E-state index < -0.39 is 10.0 Å². The molecule has 1 aromatic carbocycles. The van der Waals surface area contributed by atoms with Crippen LogP contribution in [-0.2, 0) is 17.1 Å². The lowest BCUT2D eigenvalue weighted by atomic mass is 10.2. The minimum atomic E-state index is -3.85. The molecule has 0 amide bonds. The molecule has 1 fully saturated rings. The minimum absolute atomic E-state index is 0.224. The van der Waals surface area contributed by atoms with Gasteiger partial charge in [0.25, 0.3) is 10.0 Å². The second-order valence-electron chi connectivity index (χ2n) is 7.32. The molecule has 0 saturated carbocycles. The third-order valence-electron chi connectivity index (χ3n) is 5.38. The van der Waals surface area contributed by atoms with Gasteiger partial charge in [-0.2, -0.15) is 5.10 Å². The normalized spacial score (nSPS) is 15.0. The van der Waals surface area contributed by atoms with Crippen molar-refractivity contribution in [3.63, 3.8) is 0 Å². The van der Waals surface area contributed by atoms with E-state index >= 15 is 0 Å². The Labute approximate surface area is 174 Å². The van der Waals surface area contributed by atoms with E-state index in [1.54, 1.807) is 47.4 Å². The molecule has 0 unspecified atom stereocenters. The van der Waals surface area contributed by atoms with Gasteiger partial charge in [-0.25, -0.2) is 17.4 Å². The first-order valence-corrected chi connectivity index (χ1v) is 11.3. The number of benzene rings is 1. The number of nitrogens with one attached hydrogen (secondary N) is 1. The largest absolute Gasteiger partial charge is 0.368 e. The van der Waals surface area contributed by atoms with Crippen LogP contribution < -0.4 is 10.2 Å². The highest BCUT2D eigenvalue weighted by Crippen LogP contribution is 2.35. The molecule has 5 rings (SSSR count). The van der Waals surface area contributed by atoms with Gasteiger partial charge in [-0.1, -0.05) is 18.2 Å². The fraction of sp³-hybridized carbons (Fsp3) is 0.238. The highest BCUT2D eigenvalue weighted by Gasteiger charge is 2.27. The third kappa shape index (κ3) is 3.06. The van der Waals surface area contributed by atoms with E-state index in [1.807, 2.05) is 25.4 Å². The first kappa shape index (κ1) is 18.8. The maximum absolute atomic E-state index is 13.7. The molecule has 0 aliphatic carbocycles. The lowest BCUT2D eigenvalue weighted by molar-refractivity contribution is 0.588. The van der Waals surface area contributed by atoms with Crippen LogP contribution in [0.5, 0.6) is 0 Å². The molecule has 1 aliphatic heterocycles. The van der Waals surface area contributed by atoms with Crippen LogP contribution in [-0.4, -0.2) is 53.3 Å². The van der Waals surface area contributed by atoms with Crippen LogP contribution >= 0.6 is 0 Å². The standard InChI is InChI=1S/C21H22N6O2S/c1-25-15-16(14-24-25)20-13-18-19(26-11-9-22-10-12-26)7-8-23-21(18)27(20)30(28,29)17-5-3-2-4-6-17/h2-8,13-15,22H,9-12H2,1H3. The van der Waals surface area contributed by atoms with Gasteiger partial charge < -0.3 is 10.2 Å². The molecule has 0 radical (unpaired) electrons. The van der Waals surface area contributed by atoms with Crippen molar-refractivity contribution in [1.29, 1.82) is 0 Å². The SMILES string of the molecule is Cn1cc(-c2cc3c(N4CCNCC4)ccnc3n2S(=O)(=O)c2ccccc2)cn1. The van der Waals surface area contributed by atoms with Gasteiger partial charge in [0.15, 0.2) is 5.65 Å². The number of anilines is 1. The van der Waals surface area contributed by atoms with Crippen molar-refractivity contribution in [1.82, 2.24) is 24.1 Å². The van der Waals surface area contributed by atoms with Crippen LogP contribution in [0.2, 0.25) is 0 Å². The van der Waals surface area contributed by atoms with Crippen LogP contribution in [0.15, 0.2) is 66.0 Å². The Hall–Kier alpha value is -3.17. The molecule has 4 heterocycles. The Morgan fingerprint density at radius 1 is 1.07 bits per heavy atom. The van der Waals surface area contributed by atoms with E-state index in [-0.39, 0.29) is 4.90 Å². The maximum Gasteiger partial charge on any atom is 0.269 e. The number of piperazine rings is 1. The fourth-order valence-corrected chi connectivity index (χ4v) is 5.44. The monoisotopic (exact) mass is 422 g/mol. The molecule has 154 valence electrons. The number of pyridine rings is 1. The summed E-state index contributed by atoms with van der Waals surface area (Å²) in [5, 5.41) is 8.41. The molecule has 1 N–H and O–H groups in total. The number of aromatic nitrogens is 4. The van der Waals surface area contributed by atoms with Crippen LogP contribution in [0.3, 0.4) is 0 Å². The Bertz CT molecular complexity index is 1300. The molecule has 4 aromatic rings. The number of hydrogen-bond acceptors (Lipinski definition) is 6. The molecule has 8 nitrogen and oxygen atoms in total. The van der Waals surface area contributed by atoms with E-state index in [4.69, 9.17) is 0 Å². The number of aryl methyl sites for hydroxylation is 1. The molecular formula is C21H22N6O2S. The lowest BCUT2D eigenvalue weighted by Gasteiger charge is -2.29. The summed E-state index contributed by atoms with van der Waals surface area (Å²) < 4.78 is 30.4. The second-order valence-corrected chi connectivity index (χ2v) is 9.11. The molecule has 30 heavy (non-hydrogen) atoms. The van der Waals surface area contributed by atoms with Crippen molar-refractivity contribution < 1.29 is 8.42 Å². The van der Waals surface area contributed by atoms with Crippen molar-refractivity contribution in [3.8, 4) is 11.3 Å². The van der Waals surface area contributed by atoms with Gasteiger partial charge >= 0.3 is 0 Å². The number of rotatable bonds is 4. The van der Waals surface area contributed by atoms with Gasteiger partial charge in [-0.3, -0.25) is 4.68 Å². The zero-order valence-corrected chi connectivity index (χ0v) is 17.4. The molecule has 1 aliphatic rings. The number of fused-ring (bicyclic) bond motifs is 1. The average Bonchev–Trinajstić information content (AvgIpc) is 3.38. The lowest BCUT2D eigenvalue weighted by Crippen LogP contribution is -2.43. The highest BCUT2D eigenvalue weighted by atomic mass is 32.2. The van der Waals surface area contributed by atoms with Crippen LogP contribution in [0.25, 0.3) is 22.3 Å². The van der Waals surface area contributed by atoms with Gasteiger partial charge in [-0.05, 0) is 24.3 Å². The summed E-state index contributed by atoms with van der Waals surface area (Å²) >= 11 is 0. The fourth-order valence-electron chi connectivity index (χ4n) is 3.94. The Morgan fingerprint density at radius 3 is 2.53 bits per heavy atom. The second kappa shape index (κ2) is 7.26. The van der Waals surface area contributed by atoms with Crippen LogP contribution in [0.4, 0.5) is 5.69 Å². The first-order chi connectivity index (χ1) is 14.6. The number of nitrogens with zero attached hydrogens (tertiary/aromatic N) is 5. The van der Waals surface area contributed by atoms with Gasteiger partial charge in [0.1, 0.15) is 0 Å². The van der Waals surface area contributed by atoms with E-state index in [1.165, 1.54) is 3.97 Å². The molecule has 0 spiro atoms. The summed E-state index contributed by atoms with van der Waals surface area (Å²) in [6.45, 7) is 3.50. The summed E-state index contributed by atoms with van der Waals surface area (Å²) in [7, 11) is -2.04. The molecule has 0 bridgehead atoms. The zero-order valence-electron chi connectivity index (χ0n) is 16.6. The smallest absolute Gasteiger partial charge is 0.269 e. The Kier molecular flexibility index (Phi) is 4.56. The van der Waals surface area contributed by atoms with Crippen molar-refractivity contribution in [3.05, 3.63) is 61.1 Å². The first-order valence-electron chi connectivity index (χ1n) is 9.81. The Balaban J connectivity index is 1.80. The van der Waals surface area contributed by atoms with Crippen molar-refractivity contribution >= 4 is 26.7 Å². The Morgan fingerprint density at radius 2 is 1.83 bits per heavy atom. The summed E-state index contributed by atoms with van der Waals surface area (Å²) in [5.41, 5.74) is 2.70. The minimum Gasteiger partial charge on any atom is -0.368 e. The number of hydrogen-bond donors (Lipinski definition) is 1. The quantitative estimate of drug-likeness (QED) is 0.542. The van der Waals surface area contributed by atoms with Crippen LogP contribution in [0, 0.1) is 0 Å². The van der Waals surface area contributed by atoms with Gasteiger partial charge in [0, 0.05) is 62.3 Å². The van der Waals surface area contributed by atoms with Gasteiger partial charge in [0.05, 0.1) is 16.8 Å². The molecule has 9 heteroatoms. The third-order valence-corrected chi connectivity index (χ3v) is 7.10. The predicted molar refractivity (Wildman–Crippen MR) is 116 cm³/mol. The van der Waals surface area contributed by atoms with Crippen molar-refractivity contribution in [2.24, 2.45) is 7.05 Å². The summed E-state index contributed by atoms with van der Waals surface area (Å²) in [6.07, 6.45) is 5.18. The predicted octanol–water partition coefficient (Wildman–Crippen LogP) is 2.08. The average molecular weight is 423 g/mol. The molecule has 3 aromatic heterocycles. The van der Waals surface area contributed by atoms with E-state index in [0.717, 1.165) is 42.8 Å². The zero-order chi connectivity index (χ0) is 20.7. The van der Waals surface area contributed by atoms with Crippen molar-refractivity contribution in [2.45, 2.75) is 4.90 Å². The molecule has 0 atom stereocenters. The van der Waals surface area contributed by atoms with Crippen LogP contribution in [0.1, 0.15) is 0 Å². The van der Waals surface area contributed by atoms with E-state index in [2.05, 4.69) is 20.3 Å². The summed E-state index contributed by atoms with van der Waals surface area (Å²) in [6, 6.07) is 12.3. The summed E-state index contributed by atoms with van der Waals surface area (Å²) in [5.74, 6) is 0. The highest BCUT2D eigenvalue weighted by molar-refractivity contribution is 7.90.